The molecule has 0 bridgehead atoms. The first-order chi connectivity index (χ1) is 14.3. The van der Waals surface area contributed by atoms with Crippen molar-refractivity contribution in [2.24, 2.45) is 5.14 Å². The minimum absolute atomic E-state index is 0.0216. The maximum absolute atomic E-state index is 13.3. The highest BCUT2D eigenvalue weighted by Gasteiger charge is 2.49. The van der Waals surface area contributed by atoms with E-state index >= 15 is 0 Å². The van der Waals surface area contributed by atoms with Crippen molar-refractivity contribution < 1.29 is 22.8 Å². The van der Waals surface area contributed by atoms with Gasteiger partial charge >= 0.3 is 6.03 Å². The lowest BCUT2D eigenvalue weighted by atomic mass is 9.90. The summed E-state index contributed by atoms with van der Waals surface area (Å²) in [5.41, 5.74) is 2.89. The second-order valence-electron chi connectivity index (χ2n) is 8.06. The molecule has 3 N–H and O–H groups in total. The minimum Gasteiger partial charge on any atom is -0.319 e. The number of benzene rings is 2. The van der Waals surface area contributed by atoms with E-state index in [1.807, 2.05) is 26.8 Å². The van der Waals surface area contributed by atoms with Gasteiger partial charge in [-0.15, -0.1) is 0 Å². The molecule has 1 heterocycles. The SMILES string of the molecule is CC(=O)c1c(C)cc(C)c(CN2C(=O)N[C@](C)(c3ccc(S(N)(=O)=O)cc3)C2=O)c1C. The zero-order chi connectivity index (χ0) is 23.3. The second-order valence-corrected chi connectivity index (χ2v) is 9.62. The second kappa shape index (κ2) is 7.58. The summed E-state index contributed by atoms with van der Waals surface area (Å²) in [5, 5.41) is 7.83. The van der Waals surface area contributed by atoms with Crippen molar-refractivity contribution in [3.8, 4) is 0 Å². The minimum atomic E-state index is -3.87. The third-order valence-electron chi connectivity index (χ3n) is 5.83. The Morgan fingerprint density at radius 2 is 1.68 bits per heavy atom. The van der Waals surface area contributed by atoms with Crippen LogP contribution in [0.4, 0.5) is 4.79 Å². The third-order valence-corrected chi connectivity index (χ3v) is 6.76. The van der Waals surface area contributed by atoms with Crippen molar-refractivity contribution in [2.75, 3.05) is 0 Å². The topological polar surface area (TPSA) is 127 Å². The van der Waals surface area contributed by atoms with Gasteiger partial charge in [0.1, 0.15) is 5.54 Å². The summed E-state index contributed by atoms with van der Waals surface area (Å²) in [5.74, 6) is -0.544. The Bertz CT molecular complexity index is 1220. The molecule has 2 aromatic carbocycles. The van der Waals surface area contributed by atoms with E-state index in [4.69, 9.17) is 5.14 Å². The molecule has 0 spiro atoms. The first-order valence-corrected chi connectivity index (χ1v) is 11.2. The molecular weight excluding hydrogens is 418 g/mol. The van der Waals surface area contributed by atoms with E-state index < -0.39 is 27.5 Å². The average molecular weight is 444 g/mol. The molecule has 31 heavy (non-hydrogen) atoms. The van der Waals surface area contributed by atoms with Crippen LogP contribution in [0.25, 0.3) is 0 Å². The number of urea groups is 1. The number of primary sulfonamides is 1. The Labute approximate surface area is 181 Å². The van der Waals surface area contributed by atoms with Crippen molar-refractivity contribution in [1.29, 1.82) is 0 Å². The van der Waals surface area contributed by atoms with Crippen LogP contribution in [-0.4, -0.2) is 31.0 Å². The molecule has 1 aliphatic rings. The van der Waals surface area contributed by atoms with E-state index in [1.165, 1.54) is 31.2 Å². The molecule has 1 fully saturated rings. The number of Topliss-reactive ketones (excluding diaryl/α,β-unsaturated/α-hetero) is 1. The number of sulfonamides is 1. The number of hydrogen-bond donors (Lipinski definition) is 2. The van der Waals surface area contributed by atoms with Crippen LogP contribution in [-0.2, 0) is 26.9 Å². The highest BCUT2D eigenvalue weighted by molar-refractivity contribution is 7.89. The van der Waals surface area contributed by atoms with Crippen molar-refractivity contribution in [1.82, 2.24) is 10.2 Å². The van der Waals surface area contributed by atoms with Crippen molar-refractivity contribution >= 4 is 27.7 Å². The number of hydrogen-bond acceptors (Lipinski definition) is 5. The lowest BCUT2D eigenvalue weighted by Crippen LogP contribution is -2.40. The summed E-state index contributed by atoms with van der Waals surface area (Å²) in [6.07, 6.45) is 0. The number of aryl methyl sites for hydroxylation is 2. The normalized spacial score (nSPS) is 19.0. The number of nitrogens with one attached hydrogen (secondary N) is 1. The Morgan fingerprint density at radius 3 is 2.19 bits per heavy atom. The zero-order valence-electron chi connectivity index (χ0n) is 18.1. The quantitative estimate of drug-likeness (QED) is 0.542. The molecule has 0 radical (unpaired) electrons. The number of rotatable bonds is 5. The maximum atomic E-state index is 13.3. The van der Waals surface area contributed by atoms with Gasteiger partial charge in [-0.05, 0) is 74.6 Å². The molecule has 1 aliphatic heterocycles. The van der Waals surface area contributed by atoms with Gasteiger partial charge in [0.2, 0.25) is 10.0 Å². The van der Waals surface area contributed by atoms with Crippen molar-refractivity contribution in [3.05, 3.63) is 63.7 Å². The van der Waals surface area contributed by atoms with Gasteiger partial charge in [-0.25, -0.2) is 18.4 Å². The van der Waals surface area contributed by atoms with Gasteiger partial charge < -0.3 is 5.32 Å². The van der Waals surface area contributed by atoms with Gasteiger partial charge in [-0.2, -0.15) is 0 Å². The van der Waals surface area contributed by atoms with E-state index in [2.05, 4.69) is 5.32 Å². The van der Waals surface area contributed by atoms with Crippen LogP contribution in [0.3, 0.4) is 0 Å². The van der Waals surface area contributed by atoms with Gasteiger partial charge in [-0.3, -0.25) is 14.5 Å². The number of carbonyl (C=O) groups is 3. The third kappa shape index (κ3) is 3.86. The molecule has 0 aromatic heterocycles. The number of carbonyl (C=O) groups excluding carboxylic acids is 3. The molecule has 8 nitrogen and oxygen atoms in total. The number of nitrogens with two attached hydrogens (primary N) is 1. The zero-order valence-corrected chi connectivity index (χ0v) is 18.9. The summed E-state index contributed by atoms with van der Waals surface area (Å²) in [6, 6.07) is 6.82. The molecular formula is C22H25N3O5S. The summed E-state index contributed by atoms with van der Waals surface area (Å²) >= 11 is 0. The fourth-order valence-corrected chi connectivity index (χ4v) is 4.70. The monoisotopic (exact) mass is 443 g/mol. The van der Waals surface area contributed by atoms with Crippen molar-refractivity contribution in [2.45, 2.75) is 51.6 Å². The van der Waals surface area contributed by atoms with Gasteiger partial charge in [0.15, 0.2) is 5.78 Å². The first kappa shape index (κ1) is 22.6. The Kier molecular flexibility index (Phi) is 5.54. The fraction of sp³-hybridized carbons (Fsp3) is 0.318. The molecule has 3 rings (SSSR count). The predicted octanol–water partition coefficient (Wildman–Crippen LogP) is 2.43. The molecule has 1 saturated heterocycles. The number of imide groups is 1. The molecule has 9 heteroatoms. The van der Waals surface area contributed by atoms with E-state index in [9.17, 15) is 22.8 Å². The lowest BCUT2D eigenvalue weighted by molar-refractivity contribution is -0.131. The molecule has 0 aliphatic carbocycles. The molecule has 2 aromatic rings. The van der Waals surface area contributed by atoms with Crippen LogP contribution >= 0.6 is 0 Å². The van der Waals surface area contributed by atoms with Gasteiger partial charge in [0, 0.05) is 5.56 Å². The number of ketones is 1. The smallest absolute Gasteiger partial charge is 0.319 e. The first-order valence-electron chi connectivity index (χ1n) is 9.65. The van der Waals surface area contributed by atoms with Crippen LogP contribution in [0, 0.1) is 20.8 Å². The number of nitrogens with zero attached hydrogens (tertiary/aromatic N) is 1. The van der Waals surface area contributed by atoms with Gasteiger partial charge in [-0.1, -0.05) is 18.2 Å². The van der Waals surface area contributed by atoms with Crippen molar-refractivity contribution in [3.63, 3.8) is 0 Å². The van der Waals surface area contributed by atoms with E-state index in [0.717, 1.165) is 27.2 Å². The Balaban J connectivity index is 1.98. The largest absolute Gasteiger partial charge is 0.325 e. The van der Waals surface area contributed by atoms with E-state index in [1.54, 1.807) is 6.92 Å². The molecule has 0 unspecified atom stereocenters. The van der Waals surface area contributed by atoms with E-state index in [-0.39, 0.29) is 17.2 Å². The molecule has 164 valence electrons. The van der Waals surface area contributed by atoms with Gasteiger partial charge in [0.05, 0.1) is 11.4 Å². The average Bonchev–Trinajstić information content (AvgIpc) is 2.87. The van der Waals surface area contributed by atoms with Crippen LogP contribution < -0.4 is 10.5 Å². The molecule has 0 saturated carbocycles. The van der Waals surface area contributed by atoms with Gasteiger partial charge in [0.25, 0.3) is 5.91 Å². The lowest BCUT2D eigenvalue weighted by Gasteiger charge is -2.23. The fourth-order valence-electron chi connectivity index (χ4n) is 4.18. The van der Waals surface area contributed by atoms with Crippen LogP contribution in [0.5, 0.6) is 0 Å². The summed E-state index contributed by atoms with van der Waals surface area (Å²) in [6.45, 7) is 8.63. The van der Waals surface area contributed by atoms with Crippen LogP contribution in [0.15, 0.2) is 35.2 Å². The maximum Gasteiger partial charge on any atom is 0.325 e. The summed E-state index contributed by atoms with van der Waals surface area (Å²) in [4.78, 5) is 39.1. The van der Waals surface area contributed by atoms with Crippen LogP contribution in [0.1, 0.15) is 52.0 Å². The predicted molar refractivity (Wildman–Crippen MR) is 115 cm³/mol. The summed E-state index contributed by atoms with van der Waals surface area (Å²) in [7, 11) is -3.87. The highest BCUT2D eigenvalue weighted by Crippen LogP contribution is 2.32. The van der Waals surface area contributed by atoms with Crippen LogP contribution in [0.2, 0.25) is 0 Å². The number of amides is 3. The Morgan fingerprint density at radius 1 is 1.10 bits per heavy atom. The standard InChI is InChI=1S/C22H25N3O5S/c1-12-10-13(2)19(15(4)26)14(3)18(12)11-25-20(27)22(5,24-21(25)28)16-6-8-17(9-7-16)31(23,29)30/h6-10H,11H2,1-5H3,(H,24,28)(H2,23,29,30)/t22-/m1/s1. The summed E-state index contributed by atoms with van der Waals surface area (Å²) < 4.78 is 23.0. The van der Waals surface area contributed by atoms with E-state index in [0.29, 0.717) is 11.1 Å². The molecule has 3 amide bonds. The highest BCUT2D eigenvalue weighted by atomic mass is 32.2. The molecule has 1 atom stereocenters. The Hall–Kier alpha value is -3.04.